The van der Waals surface area contributed by atoms with Crippen molar-refractivity contribution in [2.45, 2.75) is 82.9 Å². The third-order valence-electron chi connectivity index (χ3n) is 6.73. The van der Waals surface area contributed by atoms with Crippen LogP contribution in [0.25, 0.3) is 11.5 Å². The fourth-order valence-electron chi connectivity index (χ4n) is 5.16. The van der Waals surface area contributed by atoms with E-state index in [-0.39, 0.29) is 6.04 Å². The number of aromatic nitrogens is 3. The molecule has 3 aliphatic rings. The van der Waals surface area contributed by atoms with Crippen molar-refractivity contribution < 1.29 is 9.63 Å². The van der Waals surface area contributed by atoms with Crippen LogP contribution in [0.4, 0.5) is 5.82 Å². The van der Waals surface area contributed by atoms with Gasteiger partial charge in [0.15, 0.2) is 5.82 Å². The molecule has 1 saturated carbocycles. The minimum atomic E-state index is -0.405. The van der Waals surface area contributed by atoms with E-state index in [4.69, 9.17) is 9.51 Å². The van der Waals surface area contributed by atoms with Gasteiger partial charge in [0.2, 0.25) is 0 Å². The molecular weight excluding hydrogens is 366 g/mol. The van der Waals surface area contributed by atoms with Gasteiger partial charge >= 0.3 is 0 Å². The van der Waals surface area contributed by atoms with Gasteiger partial charge in [-0.3, -0.25) is 0 Å². The number of hydrogen-bond donors (Lipinski definition) is 2. The fourth-order valence-corrected chi connectivity index (χ4v) is 5.16. The smallest absolute Gasteiger partial charge is 0.261 e. The van der Waals surface area contributed by atoms with E-state index in [2.05, 4.69) is 26.4 Å². The van der Waals surface area contributed by atoms with Crippen molar-refractivity contribution in [3.8, 4) is 11.5 Å². The Hall–Kier alpha value is -1.99. The maximum atomic E-state index is 10.9. The molecule has 7 nitrogen and oxygen atoms in total. The summed E-state index contributed by atoms with van der Waals surface area (Å²) in [6.07, 6.45) is 10.2. The summed E-state index contributed by atoms with van der Waals surface area (Å²) in [6.45, 7) is 3.28. The third-order valence-corrected chi connectivity index (χ3v) is 6.73. The van der Waals surface area contributed by atoms with Gasteiger partial charge < -0.3 is 19.8 Å². The Balaban J connectivity index is 1.37. The Labute approximate surface area is 171 Å². The maximum Gasteiger partial charge on any atom is 0.261 e. The summed E-state index contributed by atoms with van der Waals surface area (Å²) in [4.78, 5) is 11.7. The Morgan fingerprint density at radius 3 is 2.72 bits per heavy atom. The minimum absolute atomic E-state index is 0.165. The number of piperidine rings is 1. The molecule has 7 heteroatoms. The van der Waals surface area contributed by atoms with Crippen molar-refractivity contribution in [1.29, 1.82) is 0 Å². The molecule has 0 radical (unpaired) electrons. The Morgan fingerprint density at radius 2 is 1.97 bits per heavy atom. The zero-order chi connectivity index (χ0) is 19.8. The lowest BCUT2D eigenvalue weighted by atomic mass is 9.92. The summed E-state index contributed by atoms with van der Waals surface area (Å²) in [5, 5.41) is 18.6. The summed E-state index contributed by atoms with van der Waals surface area (Å²) in [6, 6.07) is 2.90. The maximum absolute atomic E-state index is 10.9. The van der Waals surface area contributed by atoms with Gasteiger partial charge in [-0.05, 0) is 57.1 Å². The first-order valence-electron chi connectivity index (χ1n) is 11.2. The molecule has 2 aliphatic carbocycles. The van der Waals surface area contributed by atoms with Crippen molar-refractivity contribution in [3.05, 3.63) is 23.1 Å². The third kappa shape index (κ3) is 3.90. The number of aliphatic hydroxyl groups excluding tert-OH is 1. The molecule has 2 N–H and O–H groups in total. The Bertz CT molecular complexity index is 861. The quantitative estimate of drug-likeness (QED) is 0.820. The van der Waals surface area contributed by atoms with Crippen LogP contribution in [-0.4, -0.2) is 51.5 Å². The van der Waals surface area contributed by atoms with Crippen molar-refractivity contribution >= 4 is 5.82 Å². The number of aryl methyl sites for hydroxylation is 3. The molecule has 0 aromatic carbocycles. The van der Waals surface area contributed by atoms with Crippen LogP contribution in [-0.2, 0) is 12.8 Å². The van der Waals surface area contributed by atoms with Gasteiger partial charge in [0.05, 0.1) is 11.7 Å². The van der Waals surface area contributed by atoms with E-state index in [1.165, 1.54) is 43.4 Å². The number of hydrogen-bond acceptors (Lipinski definition) is 7. The molecule has 29 heavy (non-hydrogen) atoms. The van der Waals surface area contributed by atoms with Crippen LogP contribution >= 0.6 is 0 Å². The molecule has 0 bridgehead atoms. The van der Waals surface area contributed by atoms with E-state index in [0.717, 1.165) is 43.6 Å². The molecule has 1 saturated heterocycles. The van der Waals surface area contributed by atoms with Gasteiger partial charge in [-0.1, -0.05) is 24.4 Å². The topological polar surface area (TPSA) is 87.3 Å². The lowest BCUT2D eigenvalue weighted by molar-refractivity contribution is 0.103. The predicted molar refractivity (Wildman–Crippen MR) is 111 cm³/mol. The number of anilines is 1. The number of nitrogens with one attached hydrogen (secondary N) is 1. The van der Waals surface area contributed by atoms with E-state index < -0.39 is 6.10 Å². The number of fused-ring (bicyclic) bond motifs is 1. The van der Waals surface area contributed by atoms with Gasteiger partial charge in [-0.2, -0.15) is 4.98 Å². The molecule has 5 rings (SSSR count). The predicted octanol–water partition coefficient (Wildman–Crippen LogP) is 2.79. The van der Waals surface area contributed by atoms with Crippen LogP contribution in [0.2, 0.25) is 0 Å². The second-order valence-electron chi connectivity index (χ2n) is 8.88. The molecular formula is C22H31N5O2. The molecule has 0 spiro atoms. The first kappa shape index (κ1) is 19.0. The van der Waals surface area contributed by atoms with E-state index >= 15 is 0 Å². The van der Waals surface area contributed by atoms with E-state index in [1.54, 1.807) is 0 Å². The number of β-amino-alcohol motifs (C(OH)–C–C–N with tert-alkyl or cyclic N) is 1. The highest BCUT2D eigenvalue weighted by Gasteiger charge is 2.32. The lowest BCUT2D eigenvalue weighted by Gasteiger charge is -2.39. The summed E-state index contributed by atoms with van der Waals surface area (Å²) >= 11 is 0. The number of aliphatic hydroxyl groups is 1. The highest BCUT2D eigenvalue weighted by atomic mass is 16.5. The Morgan fingerprint density at radius 1 is 1.10 bits per heavy atom. The number of pyridine rings is 1. The lowest BCUT2D eigenvalue weighted by Crippen LogP contribution is -2.55. The Kier molecular flexibility index (Phi) is 5.26. The average Bonchev–Trinajstić information content (AvgIpc) is 3.37. The van der Waals surface area contributed by atoms with Crippen molar-refractivity contribution in [2.75, 3.05) is 18.0 Å². The molecule has 0 amide bonds. The standard InChI is InChI=1S/C22H31N5O2/c1-14-23-22(29-26-14)17-12-15-6-5-9-18(15)25-21(17)27-11-10-19(20(28)13-27)24-16-7-3-2-4-8-16/h12,16,19-20,24,28H,2-11,13H2,1H3/t19-,20-/m1/s1. The summed E-state index contributed by atoms with van der Waals surface area (Å²) in [7, 11) is 0. The second-order valence-corrected chi connectivity index (χ2v) is 8.88. The number of nitrogens with zero attached hydrogens (tertiary/aromatic N) is 4. The zero-order valence-electron chi connectivity index (χ0n) is 17.2. The molecule has 2 fully saturated rings. The molecule has 156 valence electrons. The first-order valence-corrected chi connectivity index (χ1v) is 11.2. The fraction of sp³-hybridized carbons (Fsp3) is 0.682. The molecule has 3 heterocycles. The molecule has 2 atom stereocenters. The van der Waals surface area contributed by atoms with E-state index in [9.17, 15) is 5.11 Å². The van der Waals surface area contributed by atoms with Crippen molar-refractivity contribution in [1.82, 2.24) is 20.4 Å². The van der Waals surface area contributed by atoms with Crippen molar-refractivity contribution in [3.63, 3.8) is 0 Å². The van der Waals surface area contributed by atoms with Gasteiger partial charge in [0.25, 0.3) is 5.89 Å². The molecule has 1 aliphatic heterocycles. The molecule has 2 aromatic rings. The average molecular weight is 398 g/mol. The van der Waals surface area contributed by atoms with Gasteiger partial charge in [0, 0.05) is 30.9 Å². The van der Waals surface area contributed by atoms with Gasteiger partial charge in [-0.25, -0.2) is 4.98 Å². The monoisotopic (exact) mass is 397 g/mol. The van der Waals surface area contributed by atoms with E-state index in [0.29, 0.717) is 24.3 Å². The van der Waals surface area contributed by atoms with Crippen LogP contribution in [0.5, 0.6) is 0 Å². The number of rotatable bonds is 4. The second kappa shape index (κ2) is 8.03. The van der Waals surface area contributed by atoms with Crippen LogP contribution in [0.15, 0.2) is 10.6 Å². The van der Waals surface area contributed by atoms with Gasteiger partial charge in [-0.15, -0.1) is 0 Å². The van der Waals surface area contributed by atoms with Crippen LogP contribution in [0, 0.1) is 6.92 Å². The van der Waals surface area contributed by atoms with Crippen LogP contribution in [0.1, 0.15) is 62.0 Å². The molecule has 2 aromatic heterocycles. The van der Waals surface area contributed by atoms with Gasteiger partial charge in [0.1, 0.15) is 5.82 Å². The van der Waals surface area contributed by atoms with Crippen LogP contribution in [0.3, 0.4) is 0 Å². The highest BCUT2D eigenvalue weighted by molar-refractivity contribution is 5.72. The summed E-state index contributed by atoms with van der Waals surface area (Å²) in [5.41, 5.74) is 3.36. The summed E-state index contributed by atoms with van der Waals surface area (Å²) in [5.74, 6) is 2.03. The van der Waals surface area contributed by atoms with E-state index in [1.807, 2.05) is 6.92 Å². The SMILES string of the molecule is Cc1noc(-c2cc3c(nc2N2CC[C@@H](NC4CCCCC4)[C@H](O)C2)CCC3)n1. The normalized spacial score (nSPS) is 25.4. The largest absolute Gasteiger partial charge is 0.390 e. The highest BCUT2D eigenvalue weighted by Crippen LogP contribution is 2.35. The first-order chi connectivity index (χ1) is 14.2. The van der Waals surface area contributed by atoms with Crippen LogP contribution < -0.4 is 10.2 Å². The van der Waals surface area contributed by atoms with Crippen molar-refractivity contribution in [2.24, 2.45) is 0 Å². The summed E-state index contributed by atoms with van der Waals surface area (Å²) < 4.78 is 5.49. The minimum Gasteiger partial charge on any atom is -0.390 e. The zero-order valence-corrected chi connectivity index (χ0v) is 17.2. The molecule has 0 unspecified atom stereocenters.